The minimum absolute atomic E-state index is 0.0225. The van der Waals surface area contributed by atoms with Crippen LogP contribution < -0.4 is 5.32 Å². The summed E-state index contributed by atoms with van der Waals surface area (Å²) in [7, 11) is -1.42. The number of rotatable bonds is 2. The molecule has 0 aliphatic carbocycles. The summed E-state index contributed by atoms with van der Waals surface area (Å²) in [5.74, 6) is 0. The Morgan fingerprint density at radius 1 is 1.12 bits per heavy atom. The molecule has 0 aromatic rings. The van der Waals surface area contributed by atoms with Crippen LogP contribution in [0.1, 0.15) is 40.5 Å². The Morgan fingerprint density at radius 3 is 1.81 bits per heavy atom. The third kappa shape index (κ3) is 3.43. The van der Waals surface area contributed by atoms with Gasteiger partial charge in [-0.1, -0.05) is 0 Å². The fourth-order valence-electron chi connectivity index (χ4n) is 2.80. The van der Waals surface area contributed by atoms with E-state index in [1.165, 1.54) is 10.6 Å². The van der Waals surface area contributed by atoms with Gasteiger partial charge < -0.3 is 5.32 Å². The Bertz CT molecular complexity index is 344. The maximum Gasteiger partial charge on any atom is 0.211 e. The highest BCUT2D eigenvalue weighted by atomic mass is 32.2. The lowest BCUT2D eigenvalue weighted by atomic mass is 9.80. The summed E-state index contributed by atoms with van der Waals surface area (Å²) in [5.41, 5.74) is -0.0449. The van der Waals surface area contributed by atoms with Gasteiger partial charge in [0.25, 0.3) is 0 Å². The first-order chi connectivity index (χ1) is 6.93. The molecule has 0 aromatic carbocycles. The van der Waals surface area contributed by atoms with E-state index in [1.54, 1.807) is 7.05 Å². The van der Waals surface area contributed by atoms with Gasteiger partial charge in [-0.05, 0) is 40.5 Å². The Labute approximate surface area is 99.5 Å². The van der Waals surface area contributed by atoms with Gasteiger partial charge in [0.05, 0.1) is 6.26 Å². The van der Waals surface area contributed by atoms with Crippen LogP contribution in [-0.2, 0) is 10.0 Å². The lowest BCUT2D eigenvalue weighted by molar-refractivity contribution is 0.118. The highest BCUT2D eigenvalue weighted by Gasteiger charge is 2.40. The van der Waals surface area contributed by atoms with Crippen LogP contribution in [0.4, 0.5) is 0 Å². The number of piperidine rings is 1. The molecule has 1 aliphatic heterocycles. The summed E-state index contributed by atoms with van der Waals surface area (Å²) < 4.78 is 24.6. The summed E-state index contributed by atoms with van der Waals surface area (Å²) in [6.07, 6.45) is 2.97. The van der Waals surface area contributed by atoms with Crippen molar-refractivity contribution >= 4 is 10.0 Å². The summed E-state index contributed by atoms with van der Waals surface area (Å²) in [6.45, 7) is 8.49. The van der Waals surface area contributed by atoms with E-state index in [-0.39, 0.29) is 17.1 Å². The van der Waals surface area contributed by atoms with Gasteiger partial charge in [-0.25, -0.2) is 12.7 Å². The summed E-state index contributed by atoms with van der Waals surface area (Å²) in [5, 5.41) is 3.55. The normalized spacial score (nSPS) is 25.9. The summed E-state index contributed by atoms with van der Waals surface area (Å²) >= 11 is 0. The fourth-order valence-corrected chi connectivity index (χ4v) is 3.49. The van der Waals surface area contributed by atoms with Crippen molar-refractivity contribution in [1.82, 2.24) is 9.62 Å². The molecular formula is C11H24N2O2S. The van der Waals surface area contributed by atoms with E-state index in [1.807, 2.05) is 0 Å². The van der Waals surface area contributed by atoms with E-state index in [4.69, 9.17) is 0 Å². The second-order valence-electron chi connectivity index (χ2n) is 6.23. The molecular weight excluding hydrogens is 224 g/mol. The Kier molecular flexibility index (Phi) is 3.45. The van der Waals surface area contributed by atoms with Crippen LogP contribution in [-0.4, -0.2) is 43.1 Å². The van der Waals surface area contributed by atoms with E-state index in [0.29, 0.717) is 0 Å². The lowest BCUT2D eigenvalue weighted by Gasteiger charge is -2.48. The zero-order chi connectivity index (χ0) is 12.8. The van der Waals surface area contributed by atoms with Crippen LogP contribution in [0, 0.1) is 0 Å². The largest absolute Gasteiger partial charge is 0.307 e. The topological polar surface area (TPSA) is 49.4 Å². The molecule has 96 valence electrons. The molecule has 0 aromatic heterocycles. The molecule has 1 heterocycles. The third-order valence-corrected chi connectivity index (χ3v) is 4.55. The SMILES string of the molecule is CN(C1CC(C)(C)NC(C)(C)C1)S(C)(=O)=O. The molecule has 1 N–H and O–H groups in total. The minimum Gasteiger partial charge on any atom is -0.307 e. The molecule has 0 bridgehead atoms. The first-order valence-electron chi connectivity index (χ1n) is 5.65. The van der Waals surface area contributed by atoms with E-state index in [2.05, 4.69) is 33.0 Å². The van der Waals surface area contributed by atoms with Crippen LogP contribution in [0.2, 0.25) is 0 Å². The Morgan fingerprint density at radius 2 is 1.50 bits per heavy atom. The van der Waals surface area contributed by atoms with Gasteiger partial charge in [-0.2, -0.15) is 0 Å². The van der Waals surface area contributed by atoms with Gasteiger partial charge in [0, 0.05) is 24.2 Å². The monoisotopic (exact) mass is 248 g/mol. The van der Waals surface area contributed by atoms with Crippen molar-refractivity contribution in [3.05, 3.63) is 0 Å². The van der Waals surface area contributed by atoms with E-state index >= 15 is 0 Å². The number of hydrogen-bond donors (Lipinski definition) is 1. The zero-order valence-electron chi connectivity index (χ0n) is 11.2. The predicted octanol–water partition coefficient (Wildman–Crippen LogP) is 1.19. The molecule has 1 rings (SSSR count). The predicted molar refractivity (Wildman–Crippen MR) is 66.9 cm³/mol. The first-order valence-corrected chi connectivity index (χ1v) is 7.50. The van der Waals surface area contributed by atoms with Gasteiger partial charge >= 0.3 is 0 Å². The molecule has 0 unspecified atom stereocenters. The van der Waals surface area contributed by atoms with Crippen LogP contribution in [0.3, 0.4) is 0 Å². The Hall–Kier alpha value is -0.130. The molecule has 0 radical (unpaired) electrons. The van der Waals surface area contributed by atoms with Gasteiger partial charge in [0.2, 0.25) is 10.0 Å². The average Bonchev–Trinajstić information content (AvgIpc) is 1.94. The van der Waals surface area contributed by atoms with Crippen LogP contribution >= 0.6 is 0 Å². The third-order valence-electron chi connectivity index (χ3n) is 3.21. The molecule has 0 amide bonds. The van der Waals surface area contributed by atoms with Crippen LogP contribution in [0.25, 0.3) is 0 Å². The second kappa shape index (κ2) is 3.96. The first kappa shape index (κ1) is 13.9. The van der Waals surface area contributed by atoms with Crippen molar-refractivity contribution in [3.8, 4) is 0 Å². The molecule has 1 fully saturated rings. The van der Waals surface area contributed by atoms with E-state index < -0.39 is 10.0 Å². The van der Waals surface area contributed by atoms with Crippen molar-refractivity contribution in [1.29, 1.82) is 0 Å². The molecule has 4 nitrogen and oxygen atoms in total. The van der Waals surface area contributed by atoms with Crippen molar-refractivity contribution in [2.24, 2.45) is 0 Å². The number of sulfonamides is 1. The zero-order valence-corrected chi connectivity index (χ0v) is 12.0. The van der Waals surface area contributed by atoms with Crippen LogP contribution in [0.15, 0.2) is 0 Å². The maximum atomic E-state index is 11.6. The molecule has 0 spiro atoms. The van der Waals surface area contributed by atoms with Gasteiger partial charge in [0.1, 0.15) is 0 Å². The highest BCUT2D eigenvalue weighted by Crippen LogP contribution is 2.31. The van der Waals surface area contributed by atoms with Gasteiger partial charge in [-0.15, -0.1) is 0 Å². The molecule has 0 atom stereocenters. The number of hydrogen-bond acceptors (Lipinski definition) is 3. The molecule has 0 saturated carbocycles. The molecule has 1 saturated heterocycles. The second-order valence-corrected chi connectivity index (χ2v) is 8.28. The van der Waals surface area contributed by atoms with E-state index in [0.717, 1.165) is 12.8 Å². The molecule has 16 heavy (non-hydrogen) atoms. The van der Waals surface area contributed by atoms with Crippen molar-refractivity contribution in [3.63, 3.8) is 0 Å². The van der Waals surface area contributed by atoms with Crippen molar-refractivity contribution < 1.29 is 8.42 Å². The summed E-state index contributed by atoms with van der Waals surface area (Å²) in [4.78, 5) is 0. The quantitative estimate of drug-likeness (QED) is 0.798. The maximum absolute atomic E-state index is 11.6. The van der Waals surface area contributed by atoms with Gasteiger partial charge in [-0.3, -0.25) is 0 Å². The van der Waals surface area contributed by atoms with Gasteiger partial charge in [0.15, 0.2) is 0 Å². The smallest absolute Gasteiger partial charge is 0.211 e. The fraction of sp³-hybridized carbons (Fsp3) is 1.00. The van der Waals surface area contributed by atoms with Crippen molar-refractivity contribution in [2.45, 2.75) is 57.7 Å². The van der Waals surface area contributed by atoms with E-state index in [9.17, 15) is 8.42 Å². The van der Waals surface area contributed by atoms with Crippen LogP contribution in [0.5, 0.6) is 0 Å². The number of nitrogens with one attached hydrogen (secondary N) is 1. The highest BCUT2D eigenvalue weighted by molar-refractivity contribution is 7.88. The molecule has 5 heteroatoms. The minimum atomic E-state index is -3.10. The van der Waals surface area contributed by atoms with Crippen molar-refractivity contribution in [2.75, 3.05) is 13.3 Å². The lowest BCUT2D eigenvalue weighted by Crippen LogP contribution is -2.62. The average molecular weight is 248 g/mol. The Balaban J connectivity index is 2.91. The summed E-state index contributed by atoms with van der Waals surface area (Å²) in [6, 6.07) is 0.0845. The standard InChI is InChI=1S/C11H24N2O2S/c1-10(2)7-9(8-11(3,4)12-10)13(5)16(6,14)15/h9,12H,7-8H2,1-6H3. The molecule has 1 aliphatic rings. The number of nitrogens with zero attached hydrogens (tertiary/aromatic N) is 1.